The fourth-order valence-corrected chi connectivity index (χ4v) is 3.64. The van der Waals surface area contributed by atoms with E-state index < -0.39 is 0 Å². The first-order valence-electron chi connectivity index (χ1n) is 6.60. The van der Waals surface area contributed by atoms with Crippen LogP contribution in [0.2, 0.25) is 4.34 Å². The Kier molecular flexibility index (Phi) is 3.80. The largest absolute Gasteiger partial charge is 0.335 e. The number of halogens is 1. The van der Waals surface area contributed by atoms with Crippen LogP contribution in [0.4, 0.5) is 0 Å². The van der Waals surface area contributed by atoms with Crippen LogP contribution in [0, 0.1) is 0 Å². The zero-order chi connectivity index (χ0) is 13.4. The molecule has 1 amide bonds. The number of likely N-dealkylation sites (tertiary alicyclic amines) is 1. The number of likely N-dealkylation sites (N-methyl/N-ethyl adjacent to an activating group) is 1. The molecule has 3 heterocycles. The van der Waals surface area contributed by atoms with E-state index in [0.717, 1.165) is 44.1 Å². The number of carbonyl (C=O) groups is 1. The summed E-state index contributed by atoms with van der Waals surface area (Å²) in [5.74, 6) is 0.127. The molecule has 2 aliphatic rings. The molecule has 0 aromatic carbocycles. The van der Waals surface area contributed by atoms with E-state index in [4.69, 9.17) is 11.6 Å². The van der Waals surface area contributed by atoms with Crippen molar-refractivity contribution in [2.75, 3.05) is 46.3 Å². The highest BCUT2D eigenvalue weighted by atomic mass is 35.5. The summed E-state index contributed by atoms with van der Waals surface area (Å²) in [4.78, 5) is 19.7. The van der Waals surface area contributed by atoms with Gasteiger partial charge in [0, 0.05) is 45.3 Å². The molecule has 6 heteroatoms. The minimum absolute atomic E-state index is 0.127. The second-order valence-electron chi connectivity index (χ2n) is 5.31. The minimum Gasteiger partial charge on any atom is -0.335 e. The lowest BCUT2D eigenvalue weighted by atomic mass is 10.1. The Morgan fingerprint density at radius 2 is 1.95 bits per heavy atom. The number of hydrogen-bond donors (Lipinski definition) is 0. The predicted molar refractivity (Wildman–Crippen MR) is 78.1 cm³/mol. The van der Waals surface area contributed by atoms with Crippen LogP contribution in [-0.2, 0) is 0 Å². The summed E-state index contributed by atoms with van der Waals surface area (Å²) < 4.78 is 0.680. The first-order chi connectivity index (χ1) is 9.13. The number of piperazine rings is 1. The van der Waals surface area contributed by atoms with Crippen LogP contribution in [0.25, 0.3) is 0 Å². The molecule has 3 rings (SSSR count). The van der Waals surface area contributed by atoms with Crippen LogP contribution >= 0.6 is 22.9 Å². The van der Waals surface area contributed by atoms with E-state index in [2.05, 4.69) is 16.8 Å². The van der Waals surface area contributed by atoms with Crippen LogP contribution in [0.5, 0.6) is 0 Å². The second-order valence-corrected chi connectivity index (χ2v) is 7.02. The normalized spacial score (nSPS) is 22.5. The van der Waals surface area contributed by atoms with Crippen LogP contribution in [0.15, 0.2) is 12.1 Å². The molecule has 104 valence electrons. The molecule has 2 fully saturated rings. The number of rotatable bonds is 2. The van der Waals surface area contributed by atoms with Crippen LogP contribution in [0.3, 0.4) is 0 Å². The zero-order valence-electron chi connectivity index (χ0n) is 11.0. The molecule has 0 spiro atoms. The molecule has 4 nitrogen and oxygen atoms in total. The molecule has 0 unspecified atom stereocenters. The summed E-state index contributed by atoms with van der Waals surface area (Å²) >= 11 is 7.23. The maximum atomic E-state index is 12.2. The van der Waals surface area contributed by atoms with Crippen LogP contribution in [-0.4, -0.2) is 73.0 Å². The molecule has 19 heavy (non-hydrogen) atoms. The van der Waals surface area contributed by atoms with E-state index in [1.54, 1.807) is 6.07 Å². The van der Waals surface area contributed by atoms with E-state index in [1.165, 1.54) is 11.3 Å². The molecule has 2 saturated heterocycles. The van der Waals surface area contributed by atoms with Crippen molar-refractivity contribution in [1.29, 1.82) is 0 Å². The Morgan fingerprint density at radius 3 is 2.53 bits per heavy atom. The van der Waals surface area contributed by atoms with Crippen molar-refractivity contribution in [3.05, 3.63) is 21.3 Å². The fourth-order valence-electron chi connectivity index (χ4n) is 2.62. The third kappa shape index (κ3) is 2.79. The molecule has 0 aliphatic carbocycles. The quantitative estimate of drug-likeness (QED) is 0.827. The molecular weight excluding hydrogens is 282 g/mol. The van der Waals surface area contributed by atoms with Gasteiger partial charge in [-0.15, -0.1) is 11.3 Å². The van der Waals surface area contributed by atoms with Crippen molar-refractivity contribution in [3.63, 3.8) is 0 Å². The molecule has 1 aromatic heterocycles. The van der Waals surface area contributed by atoms with Gasteiger partial charge in [-0.05, 0) is 19.2 Å². The van der Waals surface area contributed by atoms with E-state index in [0.29, 0.717) is 10.4 Å². The number of amides is 1. The van der Waals surface area contributed by atoms with E-state index in [1.807, 2.05) is 11.0 Å². The van der Waals surface area contributed by atoms with Gasteiger partial charge in [-0.2, -0.15) is 0 Å². The van der Waals surface area contributed by atoms with Crippen LogP contribution in [0.1, 0.15) is 9.67 Å². The monoisotopic (exact) mass is 299 g/mol. The Balaban J connectivity index is 1.51. The SMILES string of the molecule is CN1CCN(C2CN(C(=O)c3ccc(Cl)s3)C2)CC1. The number of nitrogens with zero attached hydrogens (tertiary/aromatic N) is 3. The van der Waals surface area contributed by atoms with Gasteiger partial charge in [0.1, 0.15) is 0 Å². The lowest BCUT2D eigenvalue weighted by Gasteiger charge is -2.47. The molecule has 2 aliphatic heterocycles. The summed E-state index contributed by atoms with van der Waals surface area (Å²) in [5.41, 5.74) is 0. The third-order valence-corrected chi connectivity index (χ3v) is 5.21. The summed E-state index contributed by atoms with van der Waals surface area (Å²) in [7, 11) is 2.16. The first kappa shape index (κ1) is 13.4. The molecule has 0 atom stereocenters. The molecular formula is C13H18ClN3OS. The average molecular weight is 300 g/mol. The number of carbonyl (C=O) groups excluding carboxylic acids is 1. The predicted octanol–water partition coefficient (Wildman–Crippen LogP) is 1.47. The van der Waals surface area contributed by atoms with Crippen molar-refractivity contribution >= 4 is 28.8 Å². The van der Waals surface area contributed by atoms with Gasteiger partial charge in [0.2, 0.25) is 0 Å². The van der Waals surface area contributed by atoms with Crippen molar-refractivity contribution in [2.45, 2.75) is 6.04 Å². The number of hydrogen-bond acceptors (Lipinski definition) is 4. The highest BCUT2D eigenvalue weighted by molar-refractivity contribution is 7.17. The van der Waals surface area contributed by atoms with Gasteiger partial charge in [-0.3, -0.25) is 9.69 Å². The molecule has 0 saturated carbocycles. The molecule has 0 bridgehead atoms. The Hall–Kier alpha value is -0.620. The molecule has 0 radical (unpaired) electrons. The van der Waals surface area contributed by atoms with E-state index in [-0.39, 0.29) is 5.91 Å². The third-order valence-electron chi connectivity index (χ3n) is 3.99. The van der Waals surface area contributed by atoms with E-state index in [9.17, 15) is 4.79 Å². The highest BCUT2D eigenvalue weighted by Crippen LogP contribution is 2.25. The highest BCUT2D eigenvalue weighted by Gasteiger charge is 2.36. The Labute approximate surface area is 122 Å². The van der Waals surface area contributed by atoms with Crippen molar-refractivity contribution in [2.24, 2.45) is 0 Å². The van der Waals surface area contributed by atoms with Gasteiger partial charge in [-0.1, -0.05) is 11.6 Å². The van der Waals surface area contributed by atoms with Gasteiger partial charge in [0.25, 0.3) is 5.91 Å². The minimum atomic E-state index is 0.127. The molecule has 1 aromatic rings. The van der Waals surface area contributed by atoms with Crippen LogP contribution < -0.4 is 0 Å². The summed E-state index contributed by atoms with van der Waals surface area (Å²) in [6.07, 6.45) is 0. The lowest BCUT2D eigenvalue weighted by molar-refractivity contribution is 0.0113. The maximum Gasteiger partial charge on any atom is 0.264 e. The summed E-state index contributed by atoms with van der Waals surface area (Å²) in [6.45, 7) is 6.22. The van der Waals surface area contributed by atoms with Crippen molar-refractivity contribution in [1.82, 2.24) is 14.7 Å². The first-order valence-corrected chi connectivity index (χ1v) is 7.80. The standard InChI is InChI=1S/C13H18ClN3OS/c1-15-4-6-16(7-5-15)10-8-17(9-10)13(18)11-2-3-12(14)19-11/h2-3,10H,4-9H2,1H3. The summed E-state index contributed by atoms with van der Waals surface area (Å²) in [5, 5.41) is 0. The average Bonchev–Trinajstić information content (AvgIpc) is 2.76. The summed E-state index contributed by atoms with van der Waals surface area (Å²) in [6, 6.07) is 4.16. The van der Waals surface area contributed by atoms with Gasteiger partial charge >= 0.3 is 0 Å². The van der Waals surface area contributed by atoms with Crippen molar-refractivity contribution in [3.8, 4) is 0 Å². The van der Waals surface area contributed by atoms with Gasteiger partial charge in [-0.25, -0.2) is 0 Å². The van der Waals surface area contributed by atoms with Gasteiger partial charge in [0.05, 0.1) is 9.21 Å². The molecule has 0 N–H and O–H groups in total. The number of thiophene rings is 1. The van der Waals surface area contributed by atoms with Gasteiger partial charge < -0.3 is 9.80 Å². The smallest absolute Gasteiger partial charge is 0.264 e. The van der Waals surface area contributed by atoms with Crippen molar-refractivity contribution < 1.29 is 4.79 Å². The van der Waals surface area contributed by atoms with E-state index >= 15 is 0 Å². The Morgan fingerprint density at radius 1 is 1.26 bits per heavy atom. The van der Waals surface area contributed by atoms with Gasteiger partial charge in [0.15, 0.2) is 0 Å². The fraction of sp³-hybridized carbons (Fsp3) is 0.615. The lowest BCUT2D eigenvalue weighted by Crippen LogP contribution is -2.63. The Bertz CT molecular complexity index is 464. The topological polar surface area (TPSA) is 26.8 Å². The zero-order valence-corrected chi connectivity index (χ0v) is 12.6. The second kappa shape index (κ2) is 5.40. The maximum absolute atomic E-state index is 12.2.